The largest absolute Gasteiger partial charge is 0.492 e. The van der Waals surface area contributed by atoms with Gasteiger partial charge < -0.3 is 4.74 Å². The van der Waals surface area contributed by atoms with Gasteiger partial charge in [-0.05, 0) is 23.8 Å². The molecule has 1 heterocycles. The van der Waals surface area contributed by atoms with Crippen molar-refractivity contribution in [2.75, 3.05) is 6.61 Å². The predicted octanol–water partition coefficient (Wildman–Crippen LogP) is 3.43. The lowest BCUT2D eigenvalue weighted by molar-refractivity contribution is 0.318. The van der Waals surface area contributed by atoms with Crippen LogP contribution in [0.4, 0.5) is 0 Å². The zero-order valence-corrected chi connectivity index (χ0v) is 11.6. The fraction of sp³-hybridized carbons (Fsp3) is 0.308. The molecule has 0 saturated heterocycles. The van der Waals surface area contributed by atoms with E-state index in [0.717, 1.165) is 17.7 Å². The van der Waals surface area contributed by atoms with Crippen LogP contribution >= 0.6 is 23.2 Å². The van der Waals surface area contributed by atoms with Gasteiger partial charge >= 0.3 is 0 Å². The molecule has 2 rings (SSSR count). The Bertz CT molecular complexity index is 525. The van der Waals surface area contributed by atoms with Gasteiger partial charge in [-0.3, -0.25) is 4.68 Å². The van der Waals surface area contributed by atoms with Gasteiger partial charge in [-0.15, -0.1) is 11.6 Å². The molecule has 0 spiro atoms. The van der Waals surface area contributed by atoms with Gasteiger partial charge in [0.05, 0.1) is 11.6 Å². The van der Waals surface area contributed by atoms with Crippen LogP contribution < -0.4 is 4.74 Å². The van der Waals surface area contributed by atoms with E-state index in [-0.39, 0.29) is 0 Å². The average Bonchev–Trinajstić information content (AvgIpc) is 2.77. The third-order valence-corrected chi connectivity index (χ3v) is 3.29. The first-order valence-electron chi connectivity index (χ1n) is 5.65. The fourth-order valence-electron chi connectivity index (χ4n) is 1.66. The molecule has 0 bridgehead atoms. The summed E-state index contributed by atoms with van der Waals surface area (Å²) in [5, 5.41) is 4.70. The van der Waals surface area contributed by atoms with E-state index in [1.54, 1.807) is 6.20 Å². The molecule has 0 amide bonds. The molecular formula is C13H14Cl2N2O. The van der Waals surface area contributed by atoms with Gasteiger partial charge in [0.2, 0.25) is 0 Å². The Morgan fingerprint density at radius 1 is 1.33 bits per heavy atom. The third-order valence-electron chi connectivity index (χ3n) is 2.69. The number of aryl methyl sites for hydroxylation is 1. The molecule has 0 aliphatic heterocycles. The van der Waals surface area contributed by atoms with Gasteiger partial charge in [-0.1, -0.05) is 17.7 Å². The minimum absolute atomic E-state index is 0.453. The summed E-state index contributed by atoms with van der Waals surface area (Å²) in [5.41, 5.74) is 2.11. The number of alkyl halides is 1. The summed E-state index contributed by atoms with van der Waals surface area (Å²) in [6.45, 7) is 0.569. The summed E-state index contributed by atoms with van der Waals surface area (Å²) >= 11 is 11.8. The number of hydrogen-bond donors (Lipinski definition) is 0. The fourth-order valence-corrected chi connectivity index (χ4v) is 2.08. The molecule has 5 heteroatoms. The van der Waals surface area contributed by atoms with Crippen molar-refractivity contribution in [3.63, 3.8) is 0 Å². The van der Waals surface area contributed by atoms with Gasteiger partial charge in [0.15, 0.2) is 0 Å². The predicted molar refractivity (Wildman–Crippen MR) is 73.4 cm³/mol. The Hall–Kier alpha value is -1.19. The van der Waals surface area contributed by atoms with E-state index in [0.29, 0.717) is 23.3 Å². The number of halogens is 2. The second-order valence-electron chi connectivity index (χ2n) is 3.94. The molecular weight excluding hydrogens is 271 g/mol. The van der Waals surface area contributed by atoms with Gasteiger partial charge in [-0.2, -0.15) is 5.10 Å². The minimum Gasteiger partial charge on any atom is -0.492 e. The Labute approximate surface area is 116 Å². The molecule has 96 valence electrons. The molecule has 1 aromatic carbocycles. The number of hydrogen-bond acceptors (Lipinski definition) is 2. The van der Waals surface area contributed by atoms with E-state index in [9.17, 15) is 0 Å². The maximum Gasteiger partial charge on any atom is 0.137 e. The van der Waals surface area contributed by atoms with Crippen molar-refractivity contribution >= 4 is 23.2 Å². The van der Waals surface area contributed by atoms with Crippen molar-refractivity contribution in [1.29, 1.82) is 0 Å². The summed E-state index contributed by atoms with van der Waals surface area (Å²) < 4.78 is 7.48. The van der Waals surface area contributed by atoms with Crippen LogP contribution in [0.2, 0.25) is 5.02 Å². The second kappa shape index (κ2) is 6.12. The smallest absolute Gasteiger partial charge is 0.137 e. The highest BCUT2D eigenvalue weighted by atomic mass is 35.5. The number of rotatable bonds is 5. The van der Waals surface area contributed by atoms with E-state index in [4.69, 9.17) is 27.9 Å². The summed E-state index contributed by atoms with van der Waals surface area (Å²) in [6, 6.07) is 7.57. The zero-order valence-electron chi connectivity index (χ0n) is 10.1. The minimum atomic E-state index is 0.453. The van der Waals surface area contributed by atoms with Crippen molar-refractivity contribution in [3.8, 4) is 5.75 Å². The second-order valence-corrected chi connectivity index (χ2v) is 4.62. The molecule has 0 radical (unpaired) electrons. The van der Waals surface area contributed by atoms with E-state index in [1.165, 1.54) is 0 Å². The molecule has 0 aliphatic rings. The highest BCUT2D eigenvalue weighted by Crippen LogP contribution is 2.26. The highest BCUT2D eigenvalue weighted by molar-refractivity contribution is 6.32. The normalized spacial score (nSPS) is 10.6. The molecule has 18 heavy (non-hydrogen) atoms. The molecule has 0 unspecified atom stereocenters. The van der Waals surface area contributed by atoms with Crippen LogP contribution in [-0.2, 0) is 19.3 Å². The van der Waals surface area contributed by atoms with Gasteiger partial charge in [-0.25, -0.2) is 0 Å². The van der Waals surface area contributed by atoms with E-state index >= 15 is 0 Å². The molecule has 0 N–H and O–H groups in total. The van der Waals surface area contributed by atoms with Gasteiger partial charge in [0, 0.05) is 31.2 Å². The van der Waals surface area contributed by atoms with Crippen molar-refractivity contribution in [2.24, 2.45) is 7.05 Å². The van der Waals surface area contributed by atoms with Crippen molar-refractivity contribution in [1.82, 2.24) is 9.78 Å². The van der Waals surface area contributed by atoms with Crippen LogP contribution in [0.1, 0.15) is 11.3 Å². The molecule has 0 fully saturated rings. The van der Waals surface area contributed by atoms with Crippen LogP contribution in [0, 0.1) is 0 Å². The van der Waals surface area contributed by atoms with E-state index in [2.05, 4.69) is 5.10 Å². The van der Waals surface area contributed by atoms with Crippen LogP contribution in [0.15, 0.2) is 30.5 Å². The number of nitrogens with zero attached hydrogens (tertiary/aromatic N) is 2. The van der Waals surface area contributed by atoms with Gasteiger partial charge in [0.1, 0.15) is 5.75 Å². The number of benzene rings is 1. The average molecular weight is 285 g/mol. The zero-order chi connectivity index (χ0) is 13.0. The molecule has 3 nitrogen and oxygen atoms in total. The van der Waals surface area contributed by atoms with E-state index in [1.807, 2.05) is 36.0 Å². The first kappa shape index (κ1) is 13.2. The molecule has 0 saturated carbocycles. The SMILES string of the molecule is Cn1nccc1CCOc1ccc(CCl)cc1Cl. The van der Waals surface area contributed by atoms with E-state index < -0.39 is 0 Å². The Balaban J connectivity index is 1.92. The topological polar surface area (TPSA) is 27.1 Å². The van der Waals surface area contributed by atoms with Crippen LogP contribution in [-0.4, -0.2) is 16.4 Å². The maximum absolute atomic E-state index is 6.10. The molecule has 2 aromatic rings. The third kappa shape index (κ3) is 3.18. The molecule has 1 aromatic heterocycles. The summed E-state index contributed by atoms with van der Waals surface area (Å²) in [4.78, 5) is 0. The van der Waals surface area contributed by atoms with Crippen molar-refractivity contribution in [3.05, 3.63) is 46.7 Å². The van der Waals surface area contributed by atoms with Crippen LogP contribution in [0.25, 0.3) is 0 Å². The molecule has 0 atom stereocenters. The van der Waals surface area contributed by atoms with Gasteiger partial charge in [0.25, 0.3) is 0 Å². The summed E-state index contributed by atoms with van der Waals surface area (Å²) in [5.74, 6) is 1.14. The van der Waals surface area contributed by atoms with Crippen molar-refractivity contribution < 1.29 is 4.74 Å². The Morgan fingerprint density at radius 2 is 2.17 bits per heavy atom. The van der Waals surface area contributed by atoms with Crippen molar-refractivity contribution in [2.45, 2.75) is 12.3 Å². The lowest BCUT2D eigenvalue weighted by atomic mass is 10.2. The monoisotopic (exact) mass is 284 g/mol. The Morgan fingerprint density at radius 3 is 2.78 bits per heavy atom. The summed E-state index contributed by atoms with van der Waals surface area (Å²) in [7, 11) is 1.91. The van der Waals surface area contributed by atoms with Crippen LogP contribution in [0.3, 0.4) is 0 Å². The maximum atomic E-state index is 6.10. The summed E-state index contributed by atoms with van der Waals surface area (Å²) in [6.07, 6.45) is 2.57. The standard InChI is InChI=1S/C13H14Cl2N2O/c1-17-11(4-6-16-17)5-7-18-13-3-2-10(9-14)8-12(13)15/h2-4,6,8H,5,7,9H2,1H3. The quantitative estimate of drug-likeness (QED) is 0.787. The first-order valence-corrected chi connectivity index (χ1v) is 6.56. The Kier molecular flexibility index (Phi) is 4.50. The lowest BCUT2D eigenvalue weighted by Gasteiger charge is -2.09. The lowest BCUT2D eigenvalue weighted by Crippen LogP contribution is -2.06. The first-order chi connectivity index (χ1) is 8.70. The van der Waals surface area contributed by atoms with Crippen LogP contribution in [0.5, 0.6) is 5.75 Å². The highest BCUT2D eigenvalue weighted by Gasteiger charge is 2.04. The number of ether oxygens (including phenoxy) is 1. The molecule has 0 aliphatic carbocycles. The number of aromatic nitrogens is 2.